The predicted octanol–water partition coefficient (Wildman–Crippen LogP) is 3.40. The Balaban J connectivity index is 1.95. The third-order valence-electron chi connectivity index (χ3n) is 2.50. The Morgan fingerprint density at radius 3 is 2.89 bits per heavy atom. The highest BCUT2D eigenvalue weighted by Gasteiger charge is 2.04. The maximum atomic E-state index is 5.98. The van der Waals surface area contributed by atoms with Gasteiger partial charge in [0, 0.05) is 34.7 Å². The molecule has 0 bridgehead atoms. The molecule has 5 heteroatoms. The second kappa shape index (κ2) is 6.18. The van der Waals surface area contributed by atoms with Gasteiger partial charge in [0.05, 0.1) is 7.11 Å². The number of nitrogens with one attached hydrogen (secondary N) is 1. The zero-order valence-electron chi connectivity index (χ0n) is 10.4. The van der Waals surface area contributed by atoms with E-state index in [1.54, 1.807) is 18.4 Å². The van der Waals surface area contributed by atoms with E-state index in [0.717, 1.165) is 27.9 Å². The smallest absolute Gasteiger partial charge is 0.123 e. The van der Waals surface area contributed by atoms with E-state index in [9.17, 15) is 0 Å². The van der Waals surface area contributed by atoms with Gasteiger partial charge >= 0.3 is 0 Å². The van der Waals surface area contributed by atoms with Crippen LogP contribution in [0.5, 0.6) is 5.75 Å². The van der Waals surface area contributed by atoms with Gasteiger partial charge in [0.1, 0.15) is 10.8 Å². The molecule has 0 saturated heterocycles. The molecule has 0 unspecified atom stereocenters. The maximum Gasteiger partial charge on any atom is 0.123 e. The molecule has 1 N–H and O–H groups in total. The van der Waals surface area contributed by atoms with E-state index in [1.807, 2.05) is 24.4 Å². The number of nitrogens with zero attached hydrogens (tertiary/aromatic N) is 1. The van der Waals surface area contributed by atoms with Crippen LogP contribution in [0.25, 0.3) is 0 Å². The van der Waals surface area contributed by atoms with Gasteiger partial charge in [0.25, 0.3) is 0 Å². The Labute approximate surface area is 116 Å². The van der Waals surface area contributed by atoms with Crippen molar-refractivity contribution in [2.24, 2.45) is 0 Å². The number of rotatable bonds is 5. The SMILES string of the molecule is COc1ccc(Cl)cc1CNCc1ncc(C)s1. The van der Waals surface area contributed by atoms with Gasteiger partial charge in [-0.15, -0.1) is 11.3 Å². The average Bonchev–Trinajstić information content (AvgIpc) is 2.75. The standard InChI is InChI=1S/C13H15ClN2OS/c1-9-6-16-13(18-9)8-15-7-10-5-11(14)3-4-12(10)17-2/h3-6,15H,7-8H2,1-2H3. The lowest BCUT2D eigenvalue weighted by atomic mass is 10.2. The van der Waals surface area contributed by atoms with E-state index < -0.39 is 0 Å². The van der Waals surface area contributed by atoms with E-state index in [-0.39, 0.29) is 0 Å². The van der Waals surface area contributed by atoms with Crippen molar-refractivity contribution in [3.05, 3.63) is 44.9 Å². The van der Waals surface area contributed by atoms with Gasteiger partial charge < -0.3 is 10.1 Å². The van der Waals surface area contributed by atoms with Crippen molar-refractivity contribution in [1.29, 1.82) is 0 Å². The third-order valence-corrected chi connectivity index (χ3v) is 3.65. The summed E-state index contributed by atoms with van der Waals surface area (Å²) < 4.78 is 5.30. The van der Waals surface area contributed by atoms with Crippen LogP contribution in [-0.2, 0) is 13.1 Å². The minimum absolute atomic E-state index is 0.711. The van der Waals surface area contributed by atoms with E-state index >= 15 is 0 Å². The predicted molar refractivity (Wildman–Crippen MR) is 75.4 cm³/mol. The van der Waals surface area contributed by atoms with Crippen LogP contribution in [0, 0.1) is 6.92 Å². The summed E-state index contributed by atoms with van der Waals surface area (Å²) in [6, 6.07) is 5.63. The summed E-state index contributed by atoms with van der Waals surface area (Å²) in [5, 5.41) is 5.15. The Morgan fingerprint density at radius 2 is 2.22 bits per heavy atom. The summed E-state index contributed by atoms with van der Waals surface area (Å²) in [4.78, 5) is 5.53. The number of ether oxygens (including phenoxy) is 1. The van der Waals surface area contributed by atoms with E-state index in [2.05, 4.69) is 17.2 Å². The van der Waals surface area contributed by atoms with Crippen molar-refractivity contribution in [3.8, 4) is 5.75 Å². The highest BCUT2D eigenvalue weighted by atomic mass is 35.5. The first-order valence-corrected chi connectivity index (χ1v) is 6.83. The molecule has 0 atom stereocenters. The largest absolute Gasteiger partial charge is 0.496 e. The number of hydrogen-bond acceptors (Lipinski definition) is 4. The molecule has 2 aromatic rings. The van der Waals surface area contributed by atoms with Crippen LogP contribution in [0.3, 0.4) is 0 Å². The van der Waals surface area contributed by atoms with Crippen LogP contribution in [-0.4, -0.2) is 12.1 Å². The summed E-state index contributed by atoms with van der Waals surface area (Å²) in [5.74, 6) is 0.849. The molecule has 0 aliphatic carbocycles. The van der Waals surface area contributed by atoms with Crippen molar-refractivity contribution in [2.45, 2.75) is 20.0 Å². The van der Waals surface area contributed by atoms with Crippen molar-refractivity contribution >= 4 is 22.9 Å². The fraction of sp³-hybridized carbons (Fsp3) is 0.308. The van der Waals surface area contributed by atoms with Crippen LogP contribution >= 0.6 is 22.9 Å². The monoisotopic (exact) mass is 282 g/mol. The van der Waals surface area contributed by atoms with E-state index in [1.165, 1.54) is 4.88 Å². The summed E-state index contributed by atoms with van der Waals surface area (Å²) in [5.41, 5.74) is 1.05. The lowest BCUT2D eigenvalue weighted by molar-refractivity contribution is 0.407. The molecule has 0 spiro atoms. The van der Waals surface area contributed by atoms with Gasteiger partial charge in [-0.05, 0) is 25.1 Å². The van der Waals surface area contributed by atoms with Gasteiger partial charge in [-0.1, -0.05) is 11.6 Å². The normalized spacial score (nSPS) is 10.6. The second-order valence-electron chi connectivity index (χ2n) is 3.92. The number of thiazole rings is 1. The zero-order valence-corrected chi connectivity index (χ0v) is 11.9. The van der Waals surface area contributed by atoms with Crippen LogP contribution in [0.1, 0.15) is 15.4 Å². The molecule has 0 saturated carbocycles. The number of halogens is 1. The molecular weight excluding hydrogens is 268 g/mol. The Kier molecular flexibility index (Phi) is 4.58. The number of methoxy groups -OCH3 is 1. The van der Waals surface area contributed by atoms with E-state index in [4.69, 9.17) is 16.3 Å². The quantitative estimate of drug-likeness (QED) is 0.913. The van der Waals surface area contributed by atoms with Crippen LogP contribution in [0.2, 0.25) is 5.02 Å². The molecule has 0 aliphatic rings. The number of aromatic nitrogens is 1. The van der Waals surface area contributed by atoms with Crippen molar-refractivity contribution in [2.75, 3.05) is 7.11 Å². The van der Waals surface area contributed by atoms with E-state index in [0.29, 0.717) is 6.54 Å². The molecule has 0 fully saturated rings. The number of benzene rings is 1. The molecule has 96 valence electrons. The highest BCUT2D eigenvalue weighted by molar-refractivity contribution is 7.11. The molecule has 1 heterocycles. The first kappa shape index (κ1) is 13.3. The average molecular weight is 283 g/mol. The lowest BCUT2D eigenvalue weighted by Crippen LogP contribution is -2.13. The van der Waals surface area contributed by atoms with Gasteiger partial charge in [-0.25, -0.2) is 4.98 Å². The second-order valence-corrected chi connectivity index (χ2v) is 5.68. The lowest BCUT2D eigenvalue weighted by Gasteiger charge is -2.09. The fourth-order valence-electron chi connectivity index (χ4n) is 1.67. The third kappa shape index (κ3) is 3.45. The summed E-state index contributed by atoms with van der Waals surface area (Å²) in [6.45, 7) is 3.53. The number of aryl methyl sites for hydroxylation is 1. The molecule has 3 nitrogen and oxygen atoms in total. The first-order valence-electron chi connectivity index (χ1n) is 5.63. The van der Waals surface area contributed by atoms with Crippen LogP contribution < -0.4 is 10.1 Å². The highest BCUT2D eigenvalue weighted by Crippen LogP contribution is 2.22. The van der Waals surface area contributed by atoms with Crippen LogP contribution in [0.4, 0.5) is 0 Å². The Hall–Kier alpha value is -1.10. The maximum absolute atomic E-state index is 5.98. The fourth-order valence-corrected chi connectivity index (χ4v) is 2.62. The summed E-state index contributed by atoms with van der Waals surface area (Å²) in [6.07, 6.45) is 1.89. The molecule has 0 radical (unpaired) electrons. The molecule has 0 amide bonds. The minimum Gasteiger partial charge on any atom is -0.496 e. The van der Waals surface area contributed by atoms with Gasteiger partial charge in [-0.2, -0.15) is 0 Å². The molecule has 2 rings (SSSR count). The first-order chi connectivity index (χ1) is 8.69. The topological polar surface area (TPSA) is 34.1 Å². The Bertz CT molecular complexity index is 527. The molecular formula is C13H15ClN2OS. The molecule has 1 aromatic heterocycles. The van der Waals surface area contributed by atoms with Gasteiger partial charge in [0.2, 0.25) is 0 Å². The molecule has 18 heavy (non-hydrogen) atoms. The van der Waals surface area contributed by atoms with Crippen molar-refractivity contribution < 1.29 is 4.74 Å². The Morgan fingerprint density at radius 1 is 1.39 bits per heavy atom. The summed E-state index contributed by atoms with van der Waals surface area (Å²) in [7, 11) is 1.66. The zero-order chi connectivity index (χ0) is 13.0. The van der Waals surface area contributed by atoms with Gasteiger partial charge in [-0.3, -0.25) is 0 Å². The summed E-state index contributed by atoms with van der Waals surface area (Å²) >= 11 is 7.68. The minimum atomic E-state index is 0.711. The molecule has 1 aromatic carbocycles. The van der Waals surface area contributed by atoms with Crippen LogP contribution in [0.15, 0.2) is 24.4 Å². The van der Waals surface area contributed by atoms with Crippen molar-refractivity contribution in [1.82, 2.24) is 10.3 Å². The van der Waals surface area contributed by atoms with Crippen molar-refractivity contribution in [3.63, 3.8) is 0 Å². The number of hydrogen-bond donors (Lipinski definition) is 1. The molecule has 0 aliphatic heterocycles. The van der Waals surface area contributed by atoms with Gasteiger partial charge in [0.15, 0.2) is 0 Å².